The van der Waals surface area contributed by atoms with Crippen molar-refractivity contribution in [2.75, 3.05) is 13.6 Å². The van der Waals surface area contributed by atoms with Gasteiger partial charge in [0, 0.05) is 11.4 Å². The summed E-state index contributed by atoms with van der Waals surface area (Å²) in [5.74, 6) is 0.162. The topological polar surface area (TPSA) is 33.2 Å². The highest BCUT2D eigenvalue weighted by molar-refractivity contribution is 9.11. The molecule has 0 aliphatic rings. The molecule has 0 spiro atoms. The van der Waals surface area contributed by atoms with E-state index in [4.69, 9.17) is 0 Å². The van der Waals surface area contributed by atoms with Gasteiger partial charge in [0.2, 0.25) is 0 Å². The van der Waals surface area contributed by atoms with Crippen LogP contribution in [0.2, 0.25) is 0 Å². The van der Waals surface area contributed by atoms with Gasteiger partial charge in [-0.05, 0) is 42.0 Å². The number of carbonyl (C=O) groups is 1. The predicted molar refractivity (Wildman–Crippen MR) is 79.5 cm³/mol. The van der Waals surface area contributed by atoms with Crippen molar-refractivity contribution in [3.8, 4) is 0 Å². The molecule has 0 amide bonds. The number of carbonyl (C=O) groups excluding carboxylic acids is 1. The Kier molecular flexibility index (Phi) is 4.66. The summed E-state index contributed by atoms with van der Waals surface area (Å²) in [4.78, 5) is 20.3. The molecule has 2 rings (SSSR count). The molecule has 2 heterocycles. The average Bonchev–Trinajstić information content (AvgIpc) is 2.89. The second-order valence-electron chi connectivity index (χ2n) is 4.06. The fourth-order valence-electron chi connectivity index (χ4n) is 1.57. The second kappa shape index (κ2) is 6.06. The Morgan fingerprint density at radius 2 is 2.28 bits per heavy atom. The number of hydrogen-bond donors (Lipinski definition) is 0. The number of aryl methyl sites for hydroxylation is 1. The molecule has 0 unspecified atom stereocenters. The van der Waals surface area contributed by atoms with Gasteiger partial charge in [0.1, 0.15) is 0 Å². The SMILES string of the molecule is Cc1ncsc1CN(C)CC(=O)c1ccc(Br)s1. The van der Waals surface area contributed by atoms with Crippen molar-refractivity contribution in [2.24, 2.45) is 0 Å². The van der Waals surface area contributed by atoms with E-state index >= 15 is 0 Å². The summed E-state index contributed by atoms with van der Waals surface area (Å²) in [6, 6.07) is 3.77. The highest BCUT2D eigenvalue weighted by Crippen LogP contribution is 2.23. The molecule has 2 aromatic rings. The number of Topliss-reactive ketones (excluding diaryl/α,β-unsaturated/α-hetero) is 1. The van der Waals surface area contributed by atoms with Gasteiger partial charge in [0.15, 0.2) is 5.78 Å². The van der Waals surface area contributed by atoms with Crippen molar-refractivity contribution in [1.29, 1.82) is 0 Å². The Bertz CT molecular complexity index is 550. The molecule has 0 saturated carbocycles. The number of nitrogens with zero attached hydrogens (tertiary/aromatic N) is 2. The lowest BCUT2D eigenvalue weighted by Crippen LogP contribution is -2.25. The van der Waals surface area contributed by atoms with Crippen LogP contribution in [0.1, 0.15) is 20.2 Å². The lowest BCUT2D eigenvalue weighted by molar-refractivity contribution is 0.0947. The molecule has 18 heavy (non-hydrogen) atoms. The number of likely N-dealkylation sites (N-methyl/N-ethyl adjacent to an activating group) is 1. The predicted octanol–water partition coefficient (Wildman–Crippen LogP) is 3.59. The van der Waals surface area contributed by atoms with Gasteiger partial charge in [0.05, 0.1) is 26.4 Å². The first kappa shape index (κ1) is 13.9. The summed E-state index contributed by atoms with van der Waals surface area (Å²) in [7, 11) is 1.96. The van der Waals surface area contributed by atoms with E-state index in [9.17, 15) is 4.79 Å². The molecular formula is C12H13BrN2OS2. The lowest BCUT2D eigenvalue weighted by Gasteiger charge is -2.14. The number of ketones is 1. The van der Waals surface area contributed by atoms with Crippen LogP contribution in [-0.2, 0) is 6.54 Å². The van der Waals surface area contributed by atoms with Crippen LogP contribution in [0.5, 0.6) is 0 Å². The van der Waals surface area contributed by atoms with Crippen molar-refractivity contribution in [1.82, 2.24) is 9.88 Å². The van der Waals surface area contributed by atoms with E-state index in [-0.39, 0.29) is 5.78 Å². The molecular weight excluding hydrogens is 332 g/mol. The Balaban J connectivity index is 1.93. The van der Waals surface area contributed by atoms with Crippen LogP contribution in [0.25, 0.3) is 0 Å². The van der Waals surface area contributed by atoms with Gasteiger partial charge in [0.25, 0.3) is 0 Å². The molecule has 6 heteroatoms. The third-order valence-electron chi connectivity index (χ3n) is 2.52. The van der Waals surface area contributed by atoms with Crippen molar-refractivity contribution in [3.05, 3.63) is 36.9 Å². The number of aromatic nitrogens is 1. The molecule has 0 aromatic carbocycles. The van der Waals surface area contributed by atoms with E-state index in [1.165, 1.54) is 16.2 Å². The highest BCUT2D eigenvalue weighted by Gasteiger charge is 2.13. The normalized spacial score (nSPS) is 11.1. The Morgan fingerprint density at radius 1 is 1.50 bits per heavy atom. The summed E-state index contributed by atoms with van der Waals surface area (Å²) in [6.45, 7) is 3.21. The third kappa shape index (κ3) is 3.47. The van der Waals surface area contributed by atoms with Crippen molar-refractivity contribution in [3.63, 3.8) is 0 Å². The molecule has 0 fully saturated rings. The first-order chi connectivity index (χ1) is 8.56. The Labute approximate surface area is 123 Å². The third-order valence-corrected chi connectivity index (χ3v) is 5.10. The maximum Gasteiger partial charge on any atom is 0.186 e. The maximum absolute atomic E-state index is 12.0. The van der Waals surface area contributed by atoms with Crippen molar-refractivity contribution < 1.29 is 4.79 Å². The summed E-state index contributed by atoms with van der Waals surface area (Å²) in [5, 5.41) is 0. The van der Waals surface area contributed by atoms with Crippen LogP contribution in [0.3, 0.4) is 0 Å². The summed E-state index contributed by atoms with van der Waals surface area (Å²) in [6.07, 6.45) is 0. The average molecular weight is 345 g/mol. The first-order valence-electron chi connectivity index (χ1n) is 5.42. The fraction of sp³-hybridized carbons (Fsp3) is 0.333. The van der Waals surface area contributed by atoms with E-state index in [1.54, 1.807) is 11.3 Å². The number of hydrogen-bond acceptors (Lipinski definition) is 5. The quantitative estimate of drug-likeness (QED) is 0.777. The van der Waals surface area contributed by atoms with Crippen LogP contribution in [-0.4, -0.2) is 29.3 Å². The molecule has 0 aliphatic heterocycles. The van der Waals surface area contributed by atoms with E-state index in [2.05, 4.69) is 20.9 Å². The largest absolute Gasteiger partial charge is 0.294 e. The number of halogens is 1. The minimum atomic E-state index is 0.162. The van der Waals surface area contributed by atoms with Crippen LogP contribution in [0.4, 0.5) is 0 Å². The van der Waals surface area contributed by atoms with E-state index in [0.29, 0.717) is 6.54 Å². The standard InChI is InChI=1S/C12H13BrN2OS2/c1-8-11(17-7-14-8)6-15(2)5-9(16)10-3-4-12(13)18-10/h3-4,7H,5-6H2,1-2H3. The summed E-state index contributed by atoms with van der Waals surface area (Å²) in [5.41, 5.74) is 2.90. The minimum Gasteiger partial charge on any atom is -0.294 e. The van der Waals surface area contributed by atoms with Crippen molar-refractivity contribution >= 4 is 44.4 Å². The summed E-state index contributed by atoms with van der Waals surface area (Å²) >= 11 is 6.49. The zero-order valence-electron chi connectivity index (χ0n) is 10.1. The number of thiophene rings is 1. The lowest BCUT2D eigenvalue weighted by atomic mass is 10.3. The zero-order chi connectivity index (χ0) is 13.1. The first-order valence-corrected chi connectivity index (χ1v) is 7.91. The van der Waals surface area contributed by atoms with Crippen LogP contribution in [0.15, 0.2) is 21.4 Å². The molecule has 0 radical (unpaired) electrons. The van der Waals surface area contributed by atoms with Gasteiger partial charge in [-0.3, -0.25) is 9.69 Å². The smallest absolute Gasteiger partial charge is 0.186 e. The molecule has 2 aromatic heterocycles. The van der Waals surface area contributed by atoms with Crippen LogP contribution >= 0.6 is 38.6 Å². The van der Waals surface area contributed by atoms with Crippen LogP contribution < -0.4 is 0 Å². The van der Waals surface area contributed by atoms with E-state index < -0.39 is 0 Å². The van der Waals surface area contributed by atoms with Crippen molar-refractivity contribution in [2.45, 2.75) is 13.5 Å². The molecule has 0 bridgehead atoms. The molecule has 0 aliphatic carbocycles. The minimum absolute atomic E-state index is 0.162. The van der Waals surface area contributed by atoms with Gasteiger partial charge in [-0.1, -0.05) is 0 Å². The molecule has 96 valence electrons. The van der Waals surface area contributed by atoms with Gasteiger partial charge in [-0.25, -0.2) is 4.98 Å². The summed E-state index contributed by atoms with van der Waals surface area (Å²) < 4.78 is 0.992. The molecule has 0 atom stereocenters. The molecule has 0 saturated heterocycles. The fourth-order valence-corrected chi connectivity index (χ4v) is 3.74. The number of thiazole rings is 1. The van der Waals surface area contributed by atoms with E-state index in [0.717, 1.165) is 20.9 Å². The molecule has 3 nitrogen and oxygen atoms in total. The maximum atomic E-state index is 12.0. The van der Waals surface area contributed by atoms with Gasteiger partial charge >= 0.3 is 0 Å². The van der Waals surface area contributed by atoms with Gasteiger partial charge < -0.3 is 0 Å². The Morgan fingerprint density at radius 3 is 2.83 bits per heavy atom. The van der Waals surface area contributed by atoms with Gasteiger partial charge in [-0.15, -0.1) is 22.7 Å². The van der Waals surface area contributed by atoms with E-state index in [1.807, 2.05) is 36.5 Å². The zero-order valence-corrected chi connectivity index (χ0v) is 13.4. The van der Waals surface area contributed by atoms with Crippen LogP contribution in [0, 0.1) is 6.92 Å². The highest BCUT2D eigenvalue weighted by atomic mass is 79.9. The monoisotopic (exact) mass is 344 g/mol. The second-order valence-corrected chi connectivity index (χ2v) is 7.46. The molecule has 0 N–H and O–H groups in total. The van der Waals surface area contributed by atoms with Gasteiger partial charge in [-0.2, -0.15) is 0 Å². The Hall–Kier alpha value is -0.560. The number of rotatable bonds is 5.